The summed E-state index contributed by atoms with van der Waals surface area (Å²) in [7, 11) is 0. The van der Waals surface area contributed by atoms with E-state index in [0.717, 1.165) is 29.3 Å². The summed E-state index contributed by atoms with van der Waals surface area (Å²) >= 11 is 5.74. The van der Waals surface area contributed by atoms with E-state index in [1.54, 1.807) is 0 Å². The number of ether oxygens (including phenoxy) is 1. The van der Waals surface area contributed by atoms with Gasteiger partial charge in [0.05, 0.1) is 0 Å². The van der Waals surface area contributed by atoms with Gasteiger partial charge in [-0.05, 0) is 18.6 Å². The van der Waals surface area contributed by atoms with Crippen LogP contribution in [0.5, 0.6) is 5.88 Å². The molecule has 31 heavy (non-hydrogen) atoms. The number of nitrogens with two attached hydrogens (primary N) is 1. The summed E-state index contributed by atoms with van der Waals surface area (Å²) in [5.41, 5.74) is 3.63. The molecule has 3 amide bonds. The number of urea groups is 1. The number of aromatic nitrogens is 1. The minimum atomic E-state index is -3.12. The van der Waals surface area contributed by atoms with Crippen LogP contribution in [0.15, 0.2) is 30.5 Å². The Bertz CT molecular complexity index is 1010. The predicted octanol–water partition coefficient (Wildman–Crippen LogP) is 3.02. The van der Waals surface area contributed by atoms with Crippen LogP contribution in [0.25, 0.3) is 0 Å². The lowest BCUT2D eigenvalue weighted by molar-refractivity contribution is -0.134. The maximum absolute atomic E-state index is 15.0. The Balaban J connectivity index is 2.23. The van der Waals surface area contributed by atoms with Crippen molar-refractivity contribution in [1.82, 2.24) is 15.2 Å². The van der Waals surface area contributed by atoms with Crippen LogP contribution in [0.3, 0.4) is 0 Å². The van der Waals surface area contributed by atoms with E-state index in [1.807, 2.05) is 0 Å². The zero-order valence-electron chi connectivity index (χ0n) is 16.0. The van der Waals surface area contributed by atoms with E-state index in [2.05, 4.69) is 15.0 Å². The van der Waals surface area contributed by atoms with Gasteiger partial charge in [0.2, 0.25) is 11.8 Å². The molecule has 1 aliphatic heterocycles. The number of hydrogen-bond acceptors (Lipinski definition) is 4. The highest BCUT2D eigenvalue weighted by atomic mass is 35.5. The number of carbonyl (C=O) groups is 2. The van der Waals surface area contributed by atoms with E-state index in [4.69, 9.17) is 17.3 Å². The van der Waals surface area contributed by atoms with Crippen molar-refractivity contribution in [3.05, 3.63) is 58.2 Å². The monoisotopic (exact) mass is 460 g/mol. The van der Waals surface area contributed by atoms with Crippen LogP contribution >= 0.6 is 11.6 Å². The Labute approximate surface area is 179 Å². The fraction of sp³-hybridized carbons (Fsp3) is 0.316. The minimum Gasteiger partial charge on any atom is -0.417 e. The predicted molar refractivity (Wildman–Crippen MR) is 102 cm³/mol. The molecule has 7 nitrogen and oxygen atoms in total. The van der Waals surface area contributed by atoms with Gasteiger partial charge in [-0.1, -0.05) is 23.7 Å². The number of pyridine rings is 1. The molecule has 0 radical (unpaired) electrons. The summed E-state index contributed by atoms with van der Waals surface area (Å²) in [5, 5.41) is 1.79. The van der Waals surface area contributed by atoms with Gasteiger partial charge < -0.3 is 20.7 Å². The quantitative estimate of drug-likeness (QED) is 0.529. The van der Waals surface area contributed by atoms with E-state index in [0.29, 0.717) is 0 Å². The molecule has 0 spiro atoms. The third kappa shape index (κ3) is 4.09. The third-order valence-electron chi connectivity index (χ3n) is 5.15. The van der Waals surface area contributed by atoms with E-state index < -0.39 is 52.5 Å². The molecule has 1 unspecified atom stereocenters. The van der Waals surface area contributed by atoms with Gasteiger partial charge in [-0.25, -0.2) is 18.6 Å². The van der Waals surface area contributed by atoms with E-state index in [-0.39, 0.29) is 24.2 Å². The summed E-state index contributed by atoms with van der Waals surface area (Å²) in [6.07, 6.45) is 1.09. The molecule has 12 heteroatoms. The molecule has 3 rings (SSSR count). The molecule has 0 saturated carbocycles. The normalized spacial score (nSPS) is 19.8. The fourth-order valence-electron chi connectivity index (χ4n) is 3.74. The number of rotatable bonds is 5. The molecule has 1 aromatic carbocycles. The van der Waals surface area contributed by atoms with E-state index in [1.165, 1.54) is 13.0 Å². The molecule has 1 saturated heterocycles. The smallest absolute Gasteiger partial charge is 0.388 e. The van der Waals surface area contributed by atoms with Gasteiger partial charge in [0.15, 0.2) is 0 Å². The number of hydrogen-bond donors (Lipinski definition) is 2. The third-order valence-corrected chi connectivity index (χ3v) is 5.49. The lowest BCUT2D eigenvalue weighted by atomic mass is 9.73. The van der Waals surface area contributed by atoms with Crippen molar-refractivity contribution < 1.29 is 31.9 Å². The molecular formula is C19H17ClF4N4O3. The summed E-state index contributed by atoms with van der Waals surface area (Å²) < 4.78 is 57.9. The number of nitrogens with zero attached hydrogens (tertiary/aromatic N) is 2. The van der Waals surface area contributed by atoms with Crippen LogP contribution in [-0.2, 0) is 4.79 Å². The van der Waals surface area contributed by atoms with Gasteiger partial charge >= 0.3 is 12.6 Å². The van der Waals surface area contributed by atoms with Crippen molar-refractivity contribution in [3.63, 3.8) is 0 Å². The Kier molecular flexibility index (Phi) is 6.25. The summed E-state index contributed by atoms with van der Waals surface area (Å²) in [4.78, 5) is 29.9. The Morgan fingerprint density at radius 3 is 2.61 bits per heavy atom. The van der Waals surface area contributed by atoms with Crippen LogP contribution in [0.1, 0.15) is 24.0 Å². The van der Waals surface area contributed by atoms with Crippen LogP contribution in [-0.4, -0.2) is 47.1 Å². The van der Waals surface area contributed by atoms with Gasteiger partial charge in [-0.15, -0.1) is 0 Å². The van der Waals surface area contributed by atoms with Crippen molar-refractivity contribution in [2.45, 2.75) is 25.0 Å². The molecule has 2 heterocycles. The highest BCUT2D eigenvalue weighted by molar-refractivity contribution is 6.31. The van der Waals surface area contributed by atoms with Crippen LogP contribution in [0, 0.1) is 11.6 Å². The zero-order chi connectivity index (χ0) is 22.9. The molecule has 166 valence electrons. The second kappa shape index (κ2) is 8.58. The number of carbonyl (C=O) groups excluding carboxylic acids is 2. The Morgan fingerprint density at radius 2 is 2.03 bits per heavy atom. The number of benzene rings is 1. The molecule has 1 fully saturated rings. The number of nitrogens with one attached hydrogen (secondary N) is 1. The molecule has 0 bridgehead atoms. The summed E-state index contributed by atoms with van der Waals surface area (Å²) in [6.45, 7) is -1.63. The maximum Gasteiger partial charge on any atom is 0.388 e. The first-order valence-electron chi connectivity index (χ1n) is 8.97. The second-order valence-corrected chi connectivity index (χ2v) is 7.28. The summed E-state index contributed by atoms with van der Waals surface area (Å²) in [6, 6.07) is 3.42. The molecule has 2 atom stereocenters. The first kappa shape index (κ1) is 22.6. The van der Waals surface area contributed by atoms with Gasteiger partial charge in [0.25, 0.3) is 0 Å². The fourth-order valence-corrected chi connectivity index (χ4v) is 3.91. The van der Waals surface area contributed by atoms with Gasteiger partial charge in [-0.3, -0.25) is 4.79 Å². The van der Waals surface area contributed by atoms with Crippen molar-refractivity contribution in [2.75, 3.05) is 13.1 Å². The lowest BCUT2D eigenvalue weighted by Gasteiger charge is -2.47. The van der Waals surface area contributed by atoms with Crippen LogP contribution < -0.4 is 15.8 Å². The number of piperazine rings is 1. The van der Waals surface area contributed by atoms with E-state index in [9.17, 15) is 22.8 Å². The topological polar surface area (TPSA) is 97.6 Å². The average Bonchev–Trinajstić information content (AvgIpc) is 2.71. The number of primary amides is 1. The average molecular weight is 461 g/mol. The second-order valence-electron chi connectivity index (χ2n) is 6.90. The highest BCUT2D eigenvalue weighted by Crippen LogP contribution is 2.42. The maximum atomic E-state index is 15.0. The first-order valence-corrected chi connectivity index (χ1v) is 9.34. The summed E-state index contributed by atoms with van der Waals surface area (Å²) in [5.74, 6) is -4.52. The van der Waals surface area contributed by atoms with Crippen molar-refractivity contribution in [1.29, 1.82) is 0 Å². The molecule has 3 N–H and O–H groups in total. The van der Waals surface area contributed by atoms with E-state index >= 15 is 4.39 Å². The highest BCUT2D eigenvalue weighted by Gasteiger charge is 2.52. The Hall–Kier alpha value is -3.08. The molecule has 2 aromatic rings. The number of amides is 3. The van der Waals surface area contributed by atoms with Crippen LogP contribution in [0.2, 0.25) is 5.02 Å². The molecule has 1 aromatic heterocycles. The largest absolute Gasteiger partial charge is 0.417 e. The first-order chi connectivity index (χ1) is 14.6. The lowest BCUT2D eigenvalue weighted by Crippen LogP contribution is -2.68. The minimum absolute atomic E-state index is 0.0185. The Morgan fingerprint density at radius 1 is 1.32 bits per heavy atom. The van der Waals surface area contributed by atoms with Gasteiger partial charge in [0, 0.05) is 36.8 Å². The SMILES string of the molecule is CC1([C@H](c2ccc(OC(F)F)nc2)c2ccc(F)c(Cl)c2F)C(=O)NCCN1C(N)=O. The molecule has 1 aliphatic rings. The number of alkyl halides is 2. The number of halogens is 5. The van der Waals surface area contributed by atoms with Gasteiger partial charge in [-0.2, -0.15) is 8.78 Å². The molecule has 0 aliphatic carbocycles. The van der Waals surface area contributed by atoms with Crippen molar-refractivity contribution >= 4 is 23.5 Å². The van der Waals surface area contributed by atoms with Crippen molar-refractivity contribution in [3.8, 4) is 5.88 Å². The zero-order valence-corrected chi connectivity index (χ0v) is 16.8. The standard InChI is InChI=1S/C19H17ClF4N4O3/c1-19(16(29)26-6-7-28(19)18(25)30)13(10-3-4-11(21)14(20)15(10)22)9-2-5-12(27-8-9)31-17(23)24/h2-5,8,13,17H,6-7H2,1H3,(H2,25,30)(H,26,29)/t13-,19?/m1/s1. The van der Waals surface area contributed by atoms with Crippen molar-refractivity contribution in [2.24, 2.45) is 5.73 Å². The molecular weight excluding hydrogens is 444 g/mol. The van der Waals surface area contributed by atoms with Crippen LogP contribution in [0.4, 0.5) is 22.4 Å². The van der Waals surface area contributed by atoms with Gasteiger partial charge in [0.1, 0.15) is 22.2 Å².